The van der Waals surface area contributed by atoms with E-state index in [0.717, 1.165) is 6.54 Å². The Hall–Kier alpha value is -1.35. The van der Waals surface area contributed by atoms with E-state index in [-0.39, 0.29) is 11.3 Å². The van der Waals surface area contributed by atoms with Crippen LogP contribution in [0.5, 0.6) is 0 Å². The molecule has 1 amide bonds. The van der Waals surface area contributed by atoms with Crippen molar-refractivity contribution in [1.82, 2.24) is 10.2 Å². The summed E-state index contributed by atoms with van der Waals surface area (Å²) in [5.41, 5.74) is 2.67. The summed E-state index contributed by atoms with van der Waals surface area (Å²) in [6.07, 6.45) is 0.550. The molecule has 0 fully saturated rings. The maximum atomic E-state index is 12.0. The third-order valence-corrected chi connectivity index (χ3v) is 3.56. The van der Waals surface area contributed by atoms with Crippen LogP contribution in [0.1, 0.15) is 52.2 Å². The van der Waals surface area contributed by atoms with Crippen molar-refractivity contribution in [2.24, 2.45) is 0 Å². The van der Waals surface area contributed by atoms with Gasteiger partial charge in [-0.05, 0) is 16.5 Å². The molecule has 0 aromatic heterocycles. The second kappa shape index (κ2) is 7.60. The number of benzene rings is 1. The Morgan fingerprint density at radius 1 is 1.19 bits per heavy atom. The van der Waals surface area contributed by atoms with E-state index < -0.39 is 0 Å². The molecule has 1 aromatic rings. The summed E-state index contributed by atoms with van der Waals surface area (Å²) in [5, 5.41) is 3.27. The summed E-state index contributed by atoms with van der Waals surface area (Å²) in [4.78, 5) is 13.8. The molecule has 1 aromatic carbocycles. The molecule has 0 bridgehead atoms. The fourth-order valence-corrected chi connectivity index (χ4v) is 2.13. The normalized spacial score (nSPS) is 11.8. The van der Waals surface area contributed by atoms with Crippen LogP contribution in [0.4, 0.5) is 0 Å². The average Bonchev–Trinajstić information content (AvgIpc) is 2.37. The molecular formula is C18H30N2O. The number of nitrogens with zero attached hydrogens (tertiary/aromatic N) is 1. The van der Waals surface area contributed by atoms with Crippen molar-refractivity contribution >= 4 is 5.91 Å². The third-order valence-electron chi connectivity index (χ3n) is 3.56. The molecule has 118 valence electrons. The molecule has 1 rings (SSSR count). The van der Waals surface area contributed by atoms with Gasteiger partial charge in [-0.25, -0.2) is 0 Å². The fraction of sp³-hybridized carbons (Fsp3) is 0.611. The highest BCUT2D eigenvalue weighted by atomic mass is 16.2. The van der Waals surface area contributed by atoms with Gasteiger partial charge in [-0.3, -0.25) is 4.79 Å². The van der Waals surface area contributed by atoms with Crippen molar-refractivity contribution in [3.63, 3.8) is 0 Å². The lowest BCUT2D eigenvalue weighted by molar-refractivity contribution is -0.130. The van der Waals surface area contributed by atoms with E-state index in [1.165, 1.54) is 11.1 Å². The first-order chi connectivity index (χ1) is 9.70. The van der Waals surface area contributed by atoms with Crippen molar-refractivity contribution < 1.29 is 4.79 Å². The standard InChI is InChI=1S/C18H30N2O/c1-14(2)19-12-11-17(21)20(6)13-15-7-9-16(10-8-15)18(3,4)5/h7-10,14,19H,11-13H2,1-6H3. The van der Waals surface area contributed by atoms with E-state index in [9.17, 15) is 4.79 Å². The van der Waals surface area contributed by atoms with Crippen molar-refractivity contribution in [3.05, 3.63) is 35.4 Å². The molecule has 21 heavy (non-hydrogen) atoms. The Bertz CT molecular complexity index is 443. The van der Waals surface area contributed by atoms with E-state index in [1.54, 1.807) is 4.90 Å². The third kappa shape index (κ3) is 6.30. The molecule has 1 N–H and O–H groups in total. The lowest BCUT2D eigenvalue weighted by Gasteiger charge is -2.21. The van der Waals surface area contributed by atoms with Crippen LogP contribution < -0.4 is 5.32 Å². The highest BCUT2D eigenvalue weighted by molar-refractivity contribution is 5.76. The second-order valence-electron chi connectivity index (χ2n) is 7.06. The van der Waals surface area contributed by atoms with Crippen LogP contribution in [0.3, 0.4) is 0 Å². The van der Waals surface area contributed by atoms with Gasteiger partial charge >= 0.3 is 0 Å². The Morgan fingerprint density at radius 2 is 1.76 bits per heavy atom. The summed E-state index contributed by atoms with van der Waals surface area (Å²) < 4.78 is 0. The van der Waals surface area contributed by atoms with Gasteiger partial charge in [-0.2, -0.15) is 0 Å². The van der Waals surface area contributed by atoms with Gasteiger partial charge in [0.05, 0.1) is 0 Å². The number of amides is 1. The first kappa shape index (κ1) is 17.7. The molecule has 3 heteroatoms. The van der Waals surface area contributed by atoms with E-state index in [2.05, 4.69) is 64.2 Å². The second-order valence-corrected chi connectivity index (χ2v) is 7.06. The number of carbonyl (C=O) groups is 1. The van der Waals surface area contributed by atoms with Gasteiger partial charge < -0.3 is 10.2 Å². The lowest BCUT2D eigenvalue weighted by atomic mass is 9.87. The largest absolute Gasteiger partial charge is 0.341 e. The molecule has 0 atom stereocenters. The average molecular weight is 290 g/mol. The summed E-state index contributed by atoms with van der Waals surface area (Å²) in [6, 6.07) is 8.99. The quantitative estimate of drug-likeness (QED) is 0.871. The molecule has 0 unspecified atom stereocenters. The van der Waals surface area contributed by atoms with Gasteiger partial charge in [-0.15, -0.1) is 0 Å². The number of hydrogen-bond acceptors (Lipinski definition) is 2. The number of nitrogens with one attached hydrogen (secondary N) is 1. The predicted octanol–water partition coefficient (Wildman–Crippen LogP) is 3.33. The Morgan fingerprint density at radius 3 is 2.24 bits per heavy atom. The highest BCUT2D eigenvalue weighted by Crippen LogP contribution is 2.22. The van der Waals surface area contributed by atoms with Crippen LogP contribution in [0.25, 0.3) is 0 Å². The molecule has 0 saturated carbocycles. The predicted molar refractivity (Wildman–Crippen MR) is 89.4 cm³/mol. The first-order valence-electron chi connectivity index (χ1n) is 7.77. The summed E-state index contributed by atoms with van der Waals surface area (Å²) >= 11 is 0. The van der Waals surface area contributed by atoms with Crippen LogP contribution in [-0.2, 0) is 16.8 Å². The van der Waals surface area contributed by atoms with Gasteiger partial charge in [0, 0.05) is 32.6 Å². The van der Waals surface area contributed by atoms with Crippen LogP contribution in [0.2, 0.25) is 0 Å². The van der Waals surface area contributed by atoms with E-state index in [4.69, 9.17) is 0 Å². The van der Waals surface area contributed by atoms with Crippen molar-refractivity contribution in [3.8, 4) is 0 Å². The maximum Gasteiger partial charge on any atom is 0.223 e. The Balaban J connectivity index is 2.50. The van der Waals surface area contributed by atoms with Gasteiger partial charge in [-0.1, -0.05) is 58.9 Å². The minimum absolute atomic E-state index is 0.169. The minimum atomic E-state index is 0.169. The Kier molecular flexibility index (Phi) is 6.41. The van der Waals surface area contributed by atoms with Crippen molar-refractivity contribution in [2.45, 2.75) is 59.0 Å². The van der Waals surface area contributed by atoms with Crippen LogP contribution in [0.15, 0.2) is 24.3 Å². The minimum Gasteiger partial charge on any atom is -0.341 e. The maximum absolute atomic E-state index is 12.0. The van der Waals surface area contributed by atoms with Crippen LogP contribution >= 0.6 is 0 Å². The zero-order valence-electron chi connectivity index (χ0n) is 14.4. The van der Waals surface area contributed by atoms with E-state index in [0.29, 0.717) is 19.0 Å². The highest BCUT2D eigenvalue weighted by Gasteiger charge is 2.14. The van der Waals surface area contributed by atoms with E-state index >= 15 is 0 Å². The number of hydrogen-bond donors (Lipinski definition) is 1. The molecular weight excluding hydrogens is 260 g/mol. The van der Waals surface area contributed by atoms with Gasteiger partial charge in [0.2, 0.25) is 5.91 Å². The summed E-state index contributed by atoms with van der Waals surface area (Å²) in [7, 11) is 1.87. The van der Waals surface area contributed by atoms with Gasteiger partial charge in [0.1, 0.15) is 0 Å². The van der Waals surface area contributed by atoms with Crippen molar-refractivity contribution in [2.75, 3.05) is 13.6 Å². The van der Waals surface area contributed by atoms with Gasteiger partial charge in [0.15, 0.2) is 0 Å². The summed E-state index contributed by atoms with van der Waals surface area (Å²) in [5.74, 6) is 0.183. The SMILES string of the molecule is CC(C)NCCC(=O)N(C)Cc1ccc(C(C)(C)C)cc1. The zero-order chi connectivity index (χ0) is 16.0. The topological polar surface area (TPSA) is 32.3 Å². The molecule has 0 radical (unpaired) electrons. The monoisotopic (exact) mass is 290 g/mol. The molecule has 0 aliphatic carbocycles. The van der Waals surface area contributed by atoms with Crippen LogP contribution in [-0.4, -0.2) is 30.4 Å². The number of rotatable bonds is 6. The smallest absolute Gasteiger partial charge is 0.223 e. The molecule has 0 spiro atoms. The summed E-state index contributed by atoms with van der Waals surface area (Å²) in [6.45, 7) is 12.2. The molecule has 0 aliphatic heterocycles. The molecule has 0 heterocycles. The first-order valence-corrected chi connectivity index (χ1v) is 7.77. The van der Waals surface area contributed by atoms with E-state index in [1.807, 2.05) is 7.05 Å². The molecule has 0 aliphatic rings. The zero-order valence-corrected chi connectivity index (χ0v) is 14.4. The fourth-order valence-electron chi connectivity index (χ4n) is 2.13. The lowest BCUT2D eigenvalue weighted by Crippen LogP contribution is -2.31. The van der Waals surface area contributed by atoms with Crippen LogP contribution in [0, 0.1) is 0 Å². The number of carbonyl (C=O) groups excluding carboxylic acids is 1. The molecule has 0 saturated heterocycles. The van der Waals surface area contributed by atoms with Gasteiger partial charge in [0.25, 0.3) is 0 Å². The van der Waals surface area contributed by atoms with Crippen molar-refractivity contribution in [1.29, 1.82) is 0 Å². The Labute approximate surface area is 129 Å². The molecule has 3 nitrogen and oxygen atoms in total.